The molecule has 7 heteroatoms. The predicted octanol–water partition coefficient (Wildman–Crippen LogP) is 1.38. The summed E-state index contributed by atoms with van der Waals surface area (Å²) in [6, 6.07) is 7.64. The van der Waals surface area contributed by atoms with Gasteiger partial charge in [0.25, 0.3) is 5.69 Å². The molecule has 0 fully saturated rings. The Hall–Kier alpha value is -2.02. The van der Waals surface area contributed by atoms with Crippen LogP contribution in [0.3, 0.4) is 0 Å². The fourth-order valence-corrected chi connectivity index (χ4v) is 1.35. The van der Waals surface area contributed by atoms with Gasteiger partial charge in [0.1, 0.15) is 5.39 Å². The largest absolute Gasteiger partial charge is 0.618 e. The van der Waals surface area contributed by atoms with Gasteiger partial charge in [-0.15, -0.1) is 0 Å². The summed E-state index contributed by atoms with van der Waals surface area (Å²) in [7, 11) is -0.611. The number of fused-ring (bicyclic) bond motifs is 1. The van der Waals surface area contributed by atoms with Gasteiger partial charge in [-0.2, -0.15) is 4.73 Å². The minimum Gasteiger partial charge on any atom is -0.618 e. The summed E-state index contributed by atoms with van der Waals surface area (Å²) in [6.45, 7) is 0. The average Bonchev–Trinajstić information content (AvgIpc) is 2.28. The Morgan fingerprint density at radius 2 is 1.78 bits per heavy atom. The first-order valence-electron chi connectivity index (χ1n) is 4.94. The van der Waals surface area contributed by atoms with Crippen molar-refractivity contribution in [2.75, 3.05) is 12.5 Å². The summed E-state index contributed by atoms with van der Waals surface area (Å²) in [5, 5.41) is 22.2. The van der Waals surface area contributed by atoms with Gasteiger partial charge in [-0.3, -0.25) is 14.3 Å². The van der Waals surface area contributed by atoms with E-state index in [1.54, 1.807) is 36.8 Å². The van der Waals surface area contributed by atoms with Gasteiger partial charge in [-0.05, 0) is 6.07 Å². The first kappa shape index (κ1) is 14.0. The lowest BCUT2D eigenvalue weighted by atomic mass is 10.2. The summed E-state index contributed by atoms with van der Waals surface area (Å²) in [6.07, 6.45) is 4.42. The van der Waals surface area contributed by atoms with Crippen LogP contribution in [0.4, 0.5) is 5.69 Å². The van der Waals surface area contributed by atoms with Crippen LogP contribution in [0, 0.1) is 15.3 Å². The molecule has 0 aliphatic heterocycles. The Morgan fingerprint density at radius 3 is 2.33 bits per heavy atom. The van der Waals surface area contributed by atoms with Crippen molar-refractivity contribution in [3.05, 3.63) is 51.9 Å². The third kappa shape index (κ3) is 3.49. The average molecular weight is 268 g/mol. The van der Waals surface area contributed by atoms with Crippen LogP contribution in [0.1, 0.15) is 0 Å². The lowest BCUT2D eigenvalue weighted by Crippen LogP contribution is -2.26. The van der Waals surface area contributed by atoms with Crippen molar-refractivity contribution >= 4 is 27.4 Å². The molecular formula is C11H12N2O4S. The summed E-state index contributed by atoms with van der Waals surface area (Å²) >= 11 is 0. The molecule has 1 aromatic heterocycles. The molecule has 1 aromatic carbocycles. The van der Waals surface area contributed by atoms with Gasteiger partial charge >= 0.3 is 0 Å². The summed E-state index contributed by atoms with van der Waals surface area (Å²) in [5.74, 6) is 0. The highest BCUT2D eigenvalue weighted by Crippen LogP contribution is 2.21. The number of nitrogens with zero attached hydrogens (tertiary/aromatic N) is 2. The zero-order chi connectivity index (χ0) is 13.7. The number of aromatic nitrogens is 1. The SMILES string of the molecule is CS(C)=O.O=[N+]([O-])c1cc[n+]([O-])c2ccccc12. The van der Waals surface area contributed by atoms with E-state index in [-0.39, 0.29) is 5.69 Å². The van der Waals surface area contributed by atoms with Crippen molar-refractivity contribution in [3.63, 3.8) is 0 Å². The molecule has 6 nitrogen and oxygen atoms in total. The van der Waals surface area contributed by atoms with E-state index in [4.69, 9.17) is 0 Å². The van der Waals surface area contributed by atoms with Crippen LogP contribution in [0.5, 0.6) is 0 Å². The number of pyridine rings is 1. The number of rotatable bonds is 1. The Kier molecular flexibility index (Phi) is 4.73. The molecule has 0 N–H and O–H groups in total. The molecule has 0 unspecified atom stereocenters. The van der Waals surface area contributed by atoms with E-state index in [1.807, 2.05) is 0 Å². The van der Waals surface area contributed by atoms with Crippen LogP contribution in [-0.4, -0.2) is 21.6 Å². The topological polar surface area (TPSA) is 87.1 Å². The smallest absolute Gasteiger partial charge is 0.289 e. The Morgan fingerprint density at radius 1 is 1.22 bits per heavy atom. The van der Waals surface area contributed by atoms with Crippen LogP contribution >= 0.6 is 0 Å². The lowest BCUT2D eigenvalue weighted by Gasteiger charge is -2.00. The van der Waals surface area contributed by atoms with Gasteiger partial charge in [-0.25, -0.2) is 0 Å². The molecule has 0 amide bonds. The van der Waals surface area contributed by atoms with Crippen molar-refractivity contribution in [1.29, 1.82) is 0 Å². The molecule has 0 aliphatic carbocycles. The molecule has 18 heavy (non-hydrogen) atoms. The predicted molar refractivity (Wildman–Crippen MR) is 69.6 cm³/mol. The van der Waals surface area contributed by atoms with E-state index in [0.29, 0.717) is 15.6 Å². The molecule has 0 saturated heterocycles. The maximum Gasteiger partial charge on any atom is 0.289 e. The molecule has 0 radical (unpaired) electrons. The number of para-hydroxylation sites is 1. The van der Waals surface area contributed by atoms with Crippen LogP contribution < -0.4 is 4.73 Å². The van der Waals surface area contributed by atoms with Crippen molar-refractivity contribution in [2.24, 2.45) is 0 Å². The molecule has 0 spiro atoms. The van der Waals surface area contributed by atoms with Crippen molar-refractivity contribution < 1.29 is 13.9 Å². The van der Waals surface area contributed by atoms with Gasteiger partial charge in [0.15, 0.2) is 6.20 Å². The molecule has 0 saturated carbocycles. The maximum atomic E-state index is 11.2. The third-order valence-electron chi connectivity index (χ3n) is 1.98. The molecule has 96 valence electrons. The molecule has 0 aliphatic rings. The van der Waals surface area contributed by atoms with Crippen molar-refractivity contribution in [1.82, 2.24) is 0 Å². The van der Waals surface area contributed by atoms with E-state index in [2.05, 4.69) is 0 Å². The van der Waals surface area contributed by atoms with E-state index in [9.17, 15) is 19.5 Å². The third-order valence-corrected chi connectivity index (χ3v) is 1.98. The zero-order valence-electron chi connectivity index (χ0n) is 9.90. The first-order chi connectivity index (χ1) is 8.43. The maximum absolute atomic E-state index is 11.2. The number of benzene rings is 1. The van der Waals surface area contributed by atoms with Crippen LogP contribution in [0.15, 0.2) is 36.5 Å². The van der Waals surface area contributed by atoms with Gasteiger partial charge in [-0.1, -0.05) is 12.1 Å². The Labute approximate surface area is 106 Å². The highest BCUT2D eigenvalue weighted by Gasteiger charge is 2.15. The quantitative estimate of drug-likeness (QED) is 0.338. The highest BCUT2D eigenvalue weighted by atomic mass is 32.2. The molecule has 1 heterocycles. The normalized spacial score (nSPS) is 9.94. The molecule has 2 rings (SSSR count). The Bertz CT molecular complexity index is 597. The van der Waals surface area contributed by atoms with Gasteiger partial charge in [0, 0.05) is 29.4 Å². The minimum absolute atomic E-state index is 0.0484. The summed E-state index contributed by atoms with van der Waals surface area (Å²) < 4.78 is 10.2. The van der Waals surface area contributed by atoms with Gasteiger partial charge < -0.3 is 5.21 Å². The monoisotopic (exact) mass is 268 g/mol. The van der Waals surface area contributed by atoms with Crippen LogP contribution in [0.2, 0.25) is 0 Å². The fraction of sp³-hybridized carbons (Fsp3) is 0.182. The van der Waals surface area contributed by atoms with E-state index in [0.717, 1.165) is 6.20 Å². The van der Waals surface area contributed by atoms with E-state index < -0.39 is 15.7 Å². The number of hydrogen-bond acceptors (Lipinski definition) is 4. The second-order valence-corrected chi connectivity index (χ2v) is 5.03. The molecule has 2 aromatic rings. The van der Waals surface area contributed by atoms with E-state index >= 15 is 0 Å². The highest BCUT2D eigenvalue weighted by molar-refractivity contribution is 7.83. The first-order valence-corrected chi connectivity index (χ1v) is 6.90. The van der Waals surface area contributed by atoms with Crippen molar-refractivity contribution in [2.45, 2.75) is 0 Å². The zero-order valence-corrected chi connectivity index (χ0v) is 10.7. The lowest BCUT2D eigenvalue weighted by molar-refractivity contribution is -0.577. The minimum atomic E-state index is -0.611. The van der Waals surface area contributed by atoms with Gasteiger partial charge in [0.2, 0.25) is 5.52 Å². The summed E-state index contributed by atoms with van der Waals surface area (Å²) in [5.41, 5.74) is 0.259. The molecular weight excluding hydrogens is 256 g/mol. The Balaban J connectivity index is 0.000000357. The van der Waals surface area contributed by atoms with Crippen LogP contribution in [0.25, 0.3) is 10.9 Å². The standard InChI is InChI=1S/C9H6N2O3.C2H6OS/c12-10-6-5-9(11(13)14)7-3-1-2-4-8(7)10;1-4(2)3/h1-6H;1-2H3. The van der Waals surface area contributed by atoms with E-state index in [1.165, 1.54) is 6.07 Å². The fourth-order valence-electron chi connectivity index (χ4n) is 1.35. The second kappa shape index (κ2) is 6.06. The van der Waals surface area contributed by atoms with Crippen molar-refractivity contribution in [3.8, 4) is 0 Å². The van der Waals surface area contributed by atoms with Crippen LogP contribution in [-0.2, 0) is 10.8 Å². The number of nitro groups is 1. The van der Waals surface area contributed by atoms with Gasteiger partial charge in [0.05, 0.1) is 11.0 Å². The summed E-state index contributed by atoms with van der Waals surface area (Å²) in [4.78, 5) is 10.1. The molecule has 0 bridgehead atoms. The molecule has 0 atom stereocenters. The number of hydrogen-bond donors (Lipinski definition) is 0. The second-order valence-electron chi connectivity index (χ2n) is 3.54.